The van der Waals surface area contributed by atoms with Gasteiger partial charge < -0.3 is 20.5 Å². The zero-order valence-corrected chi connectivity index (χ0v) is 15.2. The molecule has 0 spiro atoms. The number of rotatable bonds is 4. The van der Waals surface area contributed by atoms with Gasteiger partial charge in [0, 0.05) is 0 Å². The second kappa shape index (κ2) is 6.84. The molecule has 6 heteroatoms. The van der Waals surface area contributed by atoms with Gasteiger partial charge >= 0.3 is 0 Å². The molecule has 3 N–H and O–H groups in total. The molecule has 0 aromatic heterocycles. The summed E-state index contributed by atoms with van der Waals surface area (Å²) in [6.07, 6.45) is 0.698. The highest BCUT2D eigenvalue weighted by Crippen LogP contribution is 2.42. The van der Waals surface area contributed by atoms with Crippen molar-refractivity contribution in [2.45, 2.75) is 25.3 Å². The van der Waals surface area contributed by atoms with Gasteiger partial charge in [-0.3, -0.25) is 4.79 Å². The first-order chi connectivity index (χ1) is 12.0. The summed E-state index contributed by atoms with van der Waals surface area (Å²) in [6, 6.07) is 8.91. The van der Waals surface area contributed by atoms with Gasteiger partial charge in [-0.25, -0.2) is 0 Å². The largest absolute Gasteiger partial charge is 0.493 e. The number of carbonyl (C=O) groups excluding carboxylic acids is 1. The molecular weight excluding hydrogens is 340 g/mol. The standard InChI is InChI=1S/C19H21ClN2O3/c1-4-11-12-8-16(24-2)17(25-3)9-13(12)18(22-19(11)23)10-5-6-14(20)15(21)7-10/h5-9,11,18H,4,21H2,1-3H3,(H,22,23). The summed E-state index contributed by atoms with van der Waals surface area (Å²) in [6.45, 7) is 1.99. The fourth-order valence-electron chi connectivity index (χ4n) is 3.33. The monoisotopic (exact) mass is 360 g/mol. The van der Waals surface area contributed by atoms with Crippen molar-refractivity contribution in [1.82, 2.24) is 5.32 Å². The lowest BCUT2D eigenvalue weighted by Crippen LogP contribution is -2.39. The van der Waals surface area contributed by atoms with E-state index < -0.39 is 0 Å². The van der Waals surface area contributed by atoms with Crippen molar-refractivity contribution in [3.63, 3.8) is 0 Å². The van der Waals surface area contributed by atoms with Gasteiger partial charge in [0.05, 0.1) is 36.9 Å². The topological polar surface area (TPSA) is 73.6 Å². The number of hydrogen-bond acceptors (Lipinski definition) is 4. The Labute approximate surface area is 152 Å². The predicted octanol–water partition coefficient (Wildman–Crippen LogP) is 3.65. The lowest BCUT2D eigenvalue weighted by atomic mass is 9.82. The van der Waals surface area contributed by atoms with Crippen molar-refractivity contribution in [2.24, 2.45) is 0 Å². The Bertz CT molecular complexity index is 823. The first-order valence-electron chi connectivity index (χ1n) is 8.11. The van der Waals surface area contributed by atoms with Gasteiger partial charge in [-0.05, 0) is 47.4 Å². The molecule has 132 valence electrons. The summed E-state index contributed by atoms with van der Waals surface area (Å²) >= 11 is 6.03. The Morgan fingerprint density at radius 3 is 2.32 bits per heavy atom. The van der Waals surface area contributed by atoms with E-state index in [1.807, 2.05) is 25.1 Å². The van der Waals surface area contributed by atoms with Crippen molar-refractivity contribution >= 4 is 23.2 Å². The second-order valence-electron chi connectivity index (χ2n) is 6.02. The number of fused-ring (bicyclic) bond motifs is 1. The molecule has 1 aliphatic rings. The van der Waals surface area contributed by atoms with E-state index >= 15 is 0 Å². The smallest absolute Gasteiger partial charge is 0.228 e. The molecule has 1 amide bonds. The SMILES string of the molecule is CCC1C(=O)NC(c2ccc(Cl)c(N)c2)c2cc(OC)c(OC)cc21. The lowest BCUT2D eigenvalue weighted by Gasteiger charge is -2.33. The molecule has 2 atom stereocenters. The molecule has 3 rings (SSSR count). The van der Waals surface area contributed by atoms with E-state index in [0.717, 1.165) is 16.7 Å². The van der Waals surface area contributed by atoms with Crippen LogP contribution in [0.5, 0.6) is 11.5 Å². The maximum atomic E-state index is 12.6. The number of nitrogen functional groups attached to an aromatic ring is 1. The molecule has 1 heterocycles. The number of methoxy groups -OCH3 is 2. The minimum absolute atomic E-state index is 0.0132. The van der Waals surface area contributed by atoms with Gasteiger partial charge in [0.25, 0.3) is 0 Å². The van der Waals surface area contributed by atoms with Crippen LogP contribution in [0, 0.1) is 0 Å². The molecule has 0 saturated heterocycles. The van der Waals surface area contributed by atoms with E-state index in [0.29, 0.717) is 28.6 Å². The van der Waals surface area contributed by atoms with E-state index in [4.69, 9.17) is 26.8 Å². The molecule has 2 aromatic carbocycles. The van der Waals surface area contributed by atoms with E-state index in [-0.39, 0.29) is 17.9 Å². The summed E-state index contributed by atoms with van der Waals surface area (Å²) in [7, 11) is 3.18. The van der Waals surface area contributed by atoms with Gasteiger partial charge in [0.1, 0.15) is 0 Å². The van der Waals surface area contributed by atoms with Crippen LogP contribution in [0.3, 0.4) is 0 Å². The molecule has 2 unspecified atom stereocenters. The first-order valence-corrected chi connectivity index (χ1v) is 8.49. The van der Waals surface area contributed by atoms with Crippen molar-refractivity contribution in [2.75, 3.05) is 20.0 Å². The number of amides is 1. The summed E-state index contributed by atoms with van der Waals surface area (Å²) in [5.74, 6) is 0.999. The molecule has 1 aliphatic heterocycles. The summed E-state index contributed by atoms with van der Waals surface area (Å²) < 4.78 is 10.9. The number of hydrogen-bond donors (Lipinski definition) is 2. The van der Waals surface area contributed by atoms with E-state index in [1.54, 1.807) is 26.4 Å². The fourth-order valence-corrected chi connectivity index (χ4v) is 3.45. The third-order valence-electron chi connectivity index (χ3n) is 4.64. The van der Waals surface area contributed by atoms with Crippen molar-refractivity contribution in [3.05, 3.63) is 52.0 Å². The molecule has 0 saturated carbocycles. The molecule has 0 fully saturated rings. The Kier molecular flexibility index (Phi) is 4.77. The Balaban J connectivity index is 2.19. The highest BCUT2D eigenvalue weighted by molar-refractivity contribution is 6.33. The van der Waals surface area contributed by atoms with E-state index in [2.05, 4.69) is 5.32 Å². The molecule has 0 aliphatic carbocycles. The average molecular weight is 361 g/mol. The predicted molar refractivity (Wildman–Crippen MR) is 98.4 cm³/mol. The zero-order chi connectivity index (χ0) is 18.1. The first kappa shape index (κ1) is 17.4. The fraction of sp³-hybridized carbons (Fsp3) is 0.316. The van der Waals surface area contributed by atoms with Crippen molar-refractivity contribution in [3.8, 4) is 11.5 Å². The minimum Gasteiger partial charge on any atom is -0.493 e. The number of ether oxygens (including phenoxy) is 2. The van der Waals surface area contributed by atoms with Crippen LogP contribution in [0.1, 0.15) is 42.0 Å². The van der Waals surface area contributed by atoms with Crippen LogP contribution in [-0.2, 0) is 4.79 Å². The number of nitrogens with one attached hydrogen (secondary N) is 1. The summed E-state index contributed by atoms with van der Waals surface area (Å²) in [4.78, 5) is 12.6. The Morgan fingerprint density at radius 2 is 1.76 bits per heavy atom. The highest BCUT2D eigenvalue weighted by Gasteiger charge is 2.34. The third kappa shape index (κ3) is 3.00. The molecule has 5 nitrogen and oxygen atoms in total. The van der Waals surface area contributed by atoms with Gasteiger partial charge in [-0.1, -0.05) is 24.6 Å². The number of halogens is 1. The molecule has 0 radical (unpaired) electrons. The summed E-state index contributed by atoms with van der Waals surface area (Å²) in [5.41, 5.74) is 9.23. The molecular formula is C19H21ClN2O3. The highest BCUT2D eigenvalue weighted by atomic mass is 35.5. The second-order valence-corrected chi connectivity index (χ2v) is 6.43. The van der Waals surface area contributed by atoms with Crippen LogP contribution in [0.2, 0.25) is 5.02 Å². The zero-order valence-electron chi connectivity index (χ0n) is 14.4. The number of benzene rings is 2. The van der Waals surface area contributed by atoms with E-state index in [9.17, 15) is 4.79 Å². The third-order valence-corrected chi connectivity index (χ3v) is 4.98. The molecule has 2 aromatic rings. The van der Waals surface area contributed by atoms with Crippen LogP contribution in [0.25, 0.3) is 0 Å². The quantitative estimate of drug-likeness (QED) is 0.816. The van der Waals surface area contributed by atoms with Gasteiger partial charge in [-0.15, -0.1) is 0 Å². The van der Waals surface area contributed by atoms with Crippen LogP contribution in [0.4, 0.5) is 5.69 Å². The van der Waals surface area contributed by atoms with Crippen LogP contribution in [0.15, 0.2) is 30.3 Å². The van der Waals surface area contributed by atoms with Gasteiger partial charge in [0.15, 0.2) is 11.5 Å². The lowest BCUT2D eigenvalue weighted by molar-refractivity contribution is -0.123. The van der Waals surface area contributed by atoms with Crippen LogP contribution in [-0.4, -0.2) is 20.1 Å². The summed E-state index contributed by atoms with van der Waals surface area (Å²) in [5, 5.41) is 3.58. The number of nitrogens with two attached hydrogens (primary N) is 1. The minimum atomic E-state index is -0.315. The van der Waals surface area contributed by atoms with Crippen molar-refractivity contribution in [1.29, 1.82) is 0 Å². The Morgan fingerprint density at radius 1 is 1.12 bits per heavy atom. The van der Waals surface area contributed by atoms with Gasteiger partial charge in [-0.2, -0.15) is 0 Å². The Hall–Kier alpha value is -2.40. The maximum Gasteiger partial charge on any atom is 0.228 e. The van der Waals surface area contributed by atoms with Crippen molar-refractivity contribution < 1.29 is 14.3 Å². The van der Waals surface area contributed by atoms with E-state index in [1.165, 1.54) is 0 Å². The molecule has 25 heavy (non-hydrogen) atoms. The molecule has 0 bridgehead atoms. The average Bonchev–Trinajstić information content (AvgIpc) is 2.62. The maximum absolute atomic E-state index is 12.6. The van der Waals surface area contributed by atoms with Gasteiger partial charge in [0.2, 0.25) is 5.91 Å². The van der Waals surface area contributed by atoms with Crippen LogP contribution >= 0.6 is 11.6 Å². The number of anilines is 1. The number of carbonyl (C=O) groups is 1. The van der Waals surface area contributed by atoms with Crippen LogP contribution < -0.4 is 20.5 Å². The normalized spacial score (nSPS) is 19.1.